The number of carbonyl (C=O) groups is 1. The molecule has 0 fully saturated rings. The molecule has 0 saturated heterocycles. The predicted molar refractivity (Wildman–Crippen MR) is 105 cm³/mol. The van der Waals surface area contributed by atoms with E-state index in [0.717, 1.165) is 10.9 Å². The Hall–Kier alpha value is -1.64. The molecule has 1 aromatic heterocycles. The van der Waals surface area contributed by atoms with Crippen LogP contribution < -0.4 is 10.4 Å². The van der Waals surface area contributed by atoms with Gasteiger partial charge in [0.15, 0.2) is 0 Å². The number of hydrogen-bond donors (Lipinski definition) is 0. The van der Waals surface area contributed by atoms with Crippen molar-refractivity contribution in [2.75, 3.05) is 0 Å². The Kier molecular flexibility index (Phi) is 5.94. The quantitative estimate of drug-likeness (QED) is 0.247. The monoisotopic (exact) mass is 564 g/mol. The first-order chi connectivity index (χ1) is 12.0. The van der Waals surface area contributed by atoms with Gasteiger partial charge in [0.25, 0.3) is 0 Å². The van der Waals surface area contributed by atoms with Crippen LogP contribution in [0.15, 0.2) is 40.1 Å². The van der Waals surface area contributed by atoms with Crippen molar-refractivity contribution in [1.82, 2.24) is 0 Å². The second-order valence-corrected chi connectivity index (χ2v) is 7.88. The molecule has 1 unspecified atom stereocenters. The van der Waals surface area contributed by atoms with Crippen molar-refractivity contribution >= 4 is 44.2 Å². The predicted octanol–water partition coefficient (Wildman–Crippen LogP) is 3.52. The molecular weight excluding hydrogens is 539 g/mol. The molecule has 1 aromatic carbocycles. The summed E-state index contributed by atoms with van der Waals surface area (Å²) in [6.45, 7) is 12.7. The summed E-state index contributed by atoms with van der Waals surface area (Å²) in [5.41, 5.74) is 0.424. The van der Waals surface area contributed by atoms with E-state index < -0.39 is 11.0 Å². The summed E-state index contributed by atoms with van der Waals surface area (Å²) < 4.78 is 16.9. The summed E-state index contributed by atoms with van der Waals surface area (Å²) in [5.74, 6) is 0.309. The van der Waals surface area contributed by atoms with Crippen LogP contribution in [0.5, 0.6) is 5.75 Å². The minimum Gasteiger partial charge on any atom is -0.485 e. The van der Waals surface area contributed by atoms with Crippen molar-refractivity contribution in [3.63, 3.8) is 0 Å². The largest absolute Gasteiger partial charge is 0.485 e. The van der Waals surface area contributed by atoms with Gasteiger partial charge in [-0.05, 0) is 31.5 Å². The van der Waals surface area contributed by atoms with Crippen LogP contribution in [0.2, 0.25) is 0 Å². The number of ether oxygens (including phenoxy) is 2. The van der Waals surface area contributed by atoms with Gasteiger partial charge in [-0.1, -0.05) is 19.9 Å². The van der Waals surface area contributed by atoms with Gasteiger partial charge in [0, 0.05) is 63.1 Å². The third kappa shape index (κ3) is 4.12. The third-order valence-corrected chi connectivity index (χ3v) is 4.98. The molecule has 2 aromatic rings. The number of hydrogen-bond acceptors (Lipinski definition) is 5. The Balaban J connectivity index is 0.00000261. The molecule has 6 heteroatoms. The smallest absolute Gasteiger partial charge is 0.340 e. The fourth-order valence-electron chi connectivity index (χ4n) is 3.24. The van der Waals surface area contributed by atoms with Crippen LogP contribution in [0, 0.1) is 0 Å². The van der Waals surface area contributed by atoms with Gasteiger partial charge in [-0.2, -0.15) is 0 Å². The van der Waals surface area contributed by atoms with Crippen molar-refractivity contribution in [3.8, 4) is 5.75 Å². The Morgan fingerprint density at radius 2 is 1.93 bits per heavy atom. The summed E-state index contributed by atoms with van der Waals surface area (Å²) in [6.07, 6.45) is 2.05. The fourth-order valence-corrected chi connectivity index (χ4v) is 3.24. The maximum absolute atomic E-state index is 12.4. The molecule has 4 radical (unpaired) electrons. The molecule has 0 amide bonds. The van der Waals surface area contributed by atoms with Crippen LogP contribution in [0.4, 0.5) is 0 Å². The molecule has 0 bridgehead atoms. The molecule has 1 aliphatic heterocycles. The van der Waals surface area contributed by atoms with Crippen molar-refractivity contribution in [1.29, 1.82) is 0 Å². The standard InChI is InChI=1S/C21H24O5.Pb/c1-7-20(3,4)15-9-13-8-14-10-18(21(5,6)26-12(2)22)24-16(14)11-17(13)25-19(15)23;/h7-9,11,18H,1,10H2,2-6H3;. The Labute approximate surface area is 178 Å². The average molecular weight is 564 g/mol. The third-order valence-electron chi connectivity index (χ3n) is 4.98. The molecule has 142 valence electrons. The molecular formula is C21H24O5Pb. The van der Waals surface area contributed by atoms with E-state index in [0.29, 0.717) is 23.3 Å². The number of allylic oxidation sites excluding steroid dienone is 1. The number of benzene rings is 1. The van der Waals surface area contributed by atoms with Crippen LogP contribution in [0.25, 0.3) is 11.0 Å². The first kappa shape index (κ1) is 21.7. The van der Waals surface area contributed by atoms with E-state index >= 15 is 0 Å². The molecule has 2 heterocycles. The van der Waals surface area contributed by atoms with Crippen LogP contribution in [0.1, 0.15) is 45.7 Å². The molecule has 1 atom stereocenters. The molecule has 1 aliphatic rings. The molecule has 0 N–H and O–H groups in total. The van der Waals surface area contributed by atoms with Gasteiger partial charge in [0.2, 0.25) is 0 Å². The normalized spacial score (nSPS) is 16.3. The van der Waals surface area contributed by atoms with Crippen molar-refractivity contribution in [2.24, 2.45) is 0 Å². The number of rotatable bonds is 4. The summed E-state index contributed by atoms with van der Waals surface area (Å²) in [7, 11) is 0. The van der Waals surface area contributed by atoms with Crippen molar-refractivity contribution in [3.05, 3.63) is 52.4 Å². The van der Waals surface area contributed by atoms with E-state index in [9.17, 15) is 9.59 Å². The van der Waals surface area contributed by atoms with Gasteiger partial charge in [-0.3, -0.25) is 4.79 Å². The molecule has 3 rings (SSSR count). The van der Waals surface area contributed by atoms with Crippen molar-refractivity contribution in [2.45, 2.75) is 58.2 Å². The van der Waals surface area contributed by atoms with Gasteiger partial charge >= 0.3 is 11.6 Å². The van der Waals surface area contributed by atoms with Crippen LogP contribution >= 0.6 is 0 Å². The van der Waals surface area contributed by atoms with Crippen LogP contribution in [0.3, 0.4) is 0 Å². The van der Waals surface area contributed by atoms with E-state index in [1.165, 1.54) is 6.92 Å². The minimum absolute atomic E-state index is 0. The zero-order valence-electron chi connectivity index (χ0n) is 16.3. The minimum atomic E-state index is -0.756. The zero-order valence-corrected chi connectivity index (χ0v) is 20.2. The van der Waals surface area contributed by atoms with E-state index in [2.05, 4.69) is 6.58 Å². The summed E-state index contributed by atoms with van der Waals surface area (Å²) in [6, 6.07) is 5.56. The summed E-state index contributed by atoms with van der Waals surface area (Å²) >= 11 is 0. The maximum atomic E-state index is 12.4. The average Bonchev–Trinajstić information content (AvgIpc) is 2.94. The number of esters is 1. The molecule has 5 nitrogen and oxygen atoms in total. The molecule has 0 aliphatic carbocycles. The number of fused-ring (bicyclic) bond motifs is 2. The van der Waals surface area contributed by atoms with Crippen LogP contribution in [-0.4, -0.2) is 45.0 Å². The molecule has 0 saturated carbocycles. The maximum Gasteiger partial charge on any atom is 0.340 e. The Morgan fingerprint density at radius 3 is 2.52 bits per heavy atom. The first-order valence-electron chi connectivity index (χ1n) is 8.64. The Morgan fingerprint density at radius 1 is 1.26 bits per heavy atom. The summed E-state index contributed by atoms with van der Waals surface area (Å²) in [4.78, 5) is 23.7. The zero-order chi connectivity index (χ0) is 19.3. The van der Waals surface area contributed by atoms with E-state index in [4.69, 9.17) is 13.9 Å². The second-order valence-electron chi connectivity index (χ2n) is 7.88. The molecule has 0 spiro atoms. The fraction of sp³-hybridized carbons (Fsp3) is 0.429. The Bertz CT molecular complexity index is 955. The first-order valence-corrected chi connectivity index (χ1v) is 8.64. The van der Waals surface area contributed by atoms with Crippen LogP contribution in [-0.2, 0) is 21.4 Å². The second kappa shape index (κ2) is 7.41. The summed E-state index contributed by atoms with van der Waals surface area (Å²) in [5, 5.41) is 0.836. The molecule has 27 heavy (non-hydrogen) atoms. The van der Waals surface area contributed by atoms with Gasteiger partial charge in [-0.15, -0.1) is 6.58 Å². The number of carbonyl (C=O) groups excluding carboxylic acids is 1. The van der Waals surface area contributed by atoms with Gasteiger partial charge in [0.1, 0.15) is 23.0 Å². The van der Waals surface area contributed by atoms with E-state index in [1.54, 1.807) is 12.1 Å². The van der Waals surface area contributed by atoms with Crippen molar-refractivity contribution < 1.29 is 18.7 Å². The van der Waals surface area contributed by atoms with Gasteiger partial charge in [0.05, 0.1) is 0 Å². The van der Waals surface area contributed by atoms with Gasteiger partial charge < -0.3 is 13.9 Å². The van der Waals surface area contributed by atoms with E-state index in [-0.39, 0.29) is 45.0 Å². The topological polar surface area (TPSA) is 65.7 Å². The van der Waals surface area contributed by atoms with E-state index in [1.807, 2.05) is 39.8 Å². The SMILES string of the molecule is C=CC(C)(C)c1cc2cc3c(cc2oc1=O)OC(C(C)(C)OC(C)=O)C3.[Pb]. The van der Waals surface area contributed by atoms with Gasteiger partial charge in [-0.25, -0.2) is 4.79 Å².